The van der Waals surface area contributed by atoms with Crippen molar-refractivity contribution in [2.45, 2.75) is 46.1 Å². The van der Waals surface area contributed by atoms with Gasteiger partial charge in [0.2, 0.25) is 0 Å². The summed E-state index contributed by atoms with van der Waals surface area (Å²) in [5.41, 5.74) is 9.95. The molecule has 0 spiro atoms. The van der Waals surface area contributed by atoms with Gasteiger partial charge in [-0.2, -0.15) is 0 Å². The summed E-state index contributed by atoms with van der Waals surface area (Å²) in [5.74, 6) is 0.685. The van der Waals surface area contributed by atoms with Gasteiger partial charge < -0.3 is 5.73 Å². The molecule has 1 heterocycles. The Morgan fingerprint density at radius 2 is 1.75 bits per heavy atom. The Labute approximate surface area is 121 Å². The zero-order valence-corrected chi connectivity index (χ0v) is 12.8. The minimum absolute atomic E-state index is 0.525. The Morgan fingerprint density at radius 1 is 1.10 bits per heavy atom. The molecule has 0 saturated carbocycles. The maximum absolute atomic E-state index is 6.11. The van der Waals surface area contributed by atoms with Gasteiger partial charge >= 0.3 is 0 Å². The normalized spacial score (nSPS) is 11.7. The van der Waals surface area contributed by atoms with Gasteiger partial charge in [-0.3, -0.25) is 0 Å². The van der Waals surface area contributed by atoms with E-state index in [1.165, 1.54) is 5.56 Å². The molecule has 0 atom stereocenters. The van der Waals surface area contributed by atoms with Crippen LogP contribution in [0.2, 0.25) is 0 Å². The van der Waals surface area contributed by atoms with Crippen molar-refractivity contribution in [2.24, 2.45) is 5.73 Å². The number of hydrogen-bond donors (Lipinski definition) is 1. The third-order valence-corrected chi connectivity index (χ3v) is 3.22. The van der Waals surface area contributed by atoms with Crippen molar-refractivity contribution in [1.29, 1.82) is 0 Å². The van der Waals surface area contributed by atoms with E-state index in [2.05, 4.69) is 41.2 Å². The van der Waals surface area contributed by atoms with E-state index < -0.39 is 5.54 Å². The smallest absolute Gasteiger partial charge is 0.148 e. The average Bonchev–Trinajstić information content (AvgIpc) is 2.38. The van der Waals surface area contributed by atoms with Crippen LogP contribution in [0.25, 0.3) is 11.3 Å². The number of nitrogens with two attached hydrogens (primary N) is 1. The van der Waals surface area contributed by atoms with Crippen LogP contribution in [0.1, 0.15) is 44.3 Å². The fourth-order valence-corrected chi connectivity index (χ4v) is 2.14. The van der Waals surface area contributed by atoms with Crippen molar-refractivity contribution in [3.8, 4) is 11.3 Å². The van der Waals surface area contributed by atoms with E-state index in [1.807, 2.05) is 26.8 Å². The molecular formula is C17H23N3. The third-order valence-electron chi connectivity index (χ3n) is 3.22. The van der Waals surface area contributed by atoms with Gasteiger partial charge in [-0.15, -0.1) is 0 Å². The lowest BCUT2D eigenvalue weighted by atomic mass is 10.0. The van der Waals surface area contributed by atoms with E-state index in [9.17, 15) is 0 Å². The summed E-state index contributed by atoms with van der Waals surface area (Å²) >= 11 is 0. The Hall–Kier alpha value is -1.74. The number of aryl methyl sites for hydroxylation is 2. The highest BCUT2D eigenvalue weighted by Crippen LogP contribution is 2.22. The second kappa shape index (κ2) is 5.71. The van der Waals surface area contributed by atoms with Gasteiger partial charge in [0.25, 0.3) is 0 Å². The lowest BCUT2D eigenvalue weighted by Crippen LogP contribution is -2.31. The van der Waals surface area contributed by atoms with Gasteiger partial charge in [0.05, 0.1) is 11.2 Å². The van der Waals surface area contributed by atoms with Crippen molar-refractivity contribution in [3.05, 3.63) is 47.4 Å². The summed E-state index contributed by atoms with van der Waals surface area (Å²) < 4.78 is 0. The van der Waals surface area contributed by atoms with Crippen LogP contribution in [0.4, 0.5) is 0 Å². The number of aromatic nitrogens is 2. The first kappa shape index (κ1) is 14.7. The molecule has 0 fully saturated rings. The third kappa shape index (κ3) is 3.42. The largest absolute Gasteiger partial charge is 0.319 e. The molecule has 0 aliphatic heterocycles. The van der Waals surface area contributed by atoms with Crippen molar-refractivity contribution < 1.29 is 0 Å². The van der Waals surface area contributed by atoms with Crippen LogP contribution in [0.15, 0.2) is 30.3 Å². The van der Waals surface area contributed by atoms with Crippen LogP contribution in [-0.4, -0.2) is 9.97 Å². The Bertz CT molecular complexity index is 580. The van der Waals surface area contributed by atoms with E-state index in [0.717, 1.165) is 29.8 Å². The van der Waals surface area contributed by atoms with Crippen LogP contribution >= 0.6 is 0 Å². The Kier molecular flexibility index (Phi) is 4.19. The molecule has 2 rings (SSSR count). The standard InChI is InChI=1S/C17H23N3/c1-5-6-13-7-9-14(10-8-13)15-11-12(2)19-16(20-15)17(3,4)18/h7-11H,5-6,18H2,1-4H3. The molecule has 3 heteroatoms. The Morgan fingerprint density at radius 3 is 2.30 bits per heavy atom. The predicted octanol–water partition coefficient (Wildman–Crippen LogP) is 3.60. The van der Waals surface area contributed by atoms with Gasteiger partial charge in [0.15, 0.2) is 0 Å². The molecule has 2 aromatic rings. The summed E-state index contributed by atoms with van der Waals surface area (Å²) in [6, 6.07) is 10.6. The molecule has 0 bridgehead atoms. The van der Waals surface area contributed by atoms with E-state index >= 15 is 0 Å². The molecule has 2 N–H and O–H groups in total. The molecule has 0 radical (unpaired) electrons. The predicted molar refractivity (Wildman–Crippen MR) is 83.4 cm³/mol. The number of nitrogens with zero attached hydrogens (tertiary/aromatic N) is 2. The summed E-state index contributed by atoms with van der Waals surface area (Å²) in [6.45, 7) is 8.02. The lowest BCUT2D eigenvalue weighted by Gasteiger charge is -2.18. The lowest BCUT2D eigenvalue weighted by molar-refractivity contribution is 0.512. The highest BCUT2D eigenvalue weighted by atomic mass is 15.0. The fraction of sp³-hybridized carbons (Fsp3) is 0.412. The first-order valence-electron chi connectivity index (χ1n) is 7.14. The second-order valence-corrected chi connectivity index (χ2v) is 5.89. The van der Waals surface area contributed by atoms with Crippen LogP contribution in [-0.2, 0) is 12.0 Å². The SMILES string of the molecule is CCCc1ccc(-c2cc(C)nc(C(C)(C)N)n2)cc1. The van der Waals surface area contributed by atoms with Gasteiger partial charge in [0.1, 0.15) is 5.82 Å². The molecule has 0 aliphatic rings. The summed E-state index contributed by atoms with van der Waals surface area (Å²) in [6.07, 6.45) is 2.28. The molecule has 106 valence electrons. The van der Waals surface area contributed by atoms with E-state index in [0.29, 0.717) is 5.82 Å². The Balaban J connectivity index is 2.39. The monoisotopic (exact) mass is 269 g/mol. The van der Waals surface area contributed by atoms with Crippen molar-refractivity contribution in [3.63, 3.8) is 0 Å². The highest BCUT2D eigenvalue weighted by molar-refractivity contribution is 5.59. The second-order valence-electron chi connectivity index (χ2n) is 5.89. The molecule has 0 unspecified atom stereocenters. The first-order valence-corrected chi connectivity index (χ1v) is 7.14. The van der Waals surface area contributed by atoms with Crippen molar-refractivity contribution >= 4 is 0 Å². The van der Waals surface area contributed by atoms with Crippen LogP contribution < -0.4 is 5.73 Å². The number of benzene rings is 1. The van der Waals surface area contributed by atoms with Gasteiger partial charge in [0, 0.05) is 11.3 Å². The van der Waals surface area contributed by atoms with E-state index in [1.54, 1.807) is 0 Å². The minimum atomic E-state index is -0.525. The van der Waals surface area contributed by atoms with Crippen molar-refractivity contribution in [1.82, 2.24) is 9.97 Å². The molecule has 20 heavy (non-hydrogen) atoms. The zero-order chi connectivity index (χ0) is 14.8. The highest BCUT2D eigenvalue weighted by Gasteiger charge is 2.19. The van der Waals surface area contributed by atoms with E-state index in [-0.39, 0.29) is 0 Å². The number of hydrogen-bond acceptors (Lipinski definition) is 3. The maximum Gasteiger partial charge on any atom is 0.148 e. The average molecular weight is 269 g/mol. The molecule has 0 aliphatic carbocycles. The van der Waals surface area contributed by atoms with Crippen LogP contribution in [0.5, 0.6) is 0 Å². The molecule has 1 aromatic heterocycles. The minimum Gasteiger partial charge on any atom is -0.319 e. The molecule has 1 aromatic carbocycles. The van der Waals surface area contributed by atoms with Crippen molar-refractivity contribution in [2.75, 3.05) is 0 Å². The van der Waals surface area contributed by atoms with Gasteiger partial charge in [-0.25, -0.2) is 9.97 Å². The zero-order valence-electron chi connectivity index (χ0n) is 12.8. The first-order chi connectivity index (χ1) is 9.40. The molecule has 3 nitrogen and oxygen atoms in total. The topological polar surface area (TPSA) is 51.8 Å². The van der Waals surface area contributed by atoms with E-state index in [4.69, 9.17) is 5.73 Å². The van der Waals surface area contributed by atoms with Gasteiger partial charge in [-0.1, -0.05) is 37.6 Å². The molecule has 0 saturated heterocycles. The summed E-state index contributed by atoms with van der Waals surface area (Å²) in [4.78, 5) is 9.06. The van der Waals surface area contributed by atoms with Crippen LogP contribution in [0.3, 0.4) is 0 Å². The van der Waals surface area contributed by atoms with Crippen LogP contribution in [0, 0.1) is 6.92 Å². The molecule has 0 amide bonds. The maximum atomic E-state index is 6.11. The number of rotatable bonds is 4. The fourth-order valence-electron chi connectivity index (χ4n) is 2.14. The summed E-state index contributed by atoms with van der Waals surface area (Å²) in [7, 11) is 0. The molecular weight excluding hydrogens is 246 g/mol. The van der Waals surface area contributed by atoms with Gasteiger partial charge in [-0.05, 0) is 38.8 Å². The summed E-state index contributed by atoms with van der Waals surface area (Å²) in [5, 5.41) is 0. The quantitative estimate of drug-likeness (QED) is 0.922.